The van der Waals surface area contributed by atoms with Gasteiger partial charge in [0.1, 0.15) is 0 Å². The summed E-state index contributed by atoms with van der Waals surface area (Å²) in [7, 11) is 0. The lowest BCUT2D eigenvalue weighted by atomic mass is 9.74. The Kier molecular flexibility index (Phi) is 22.9. The van der Waals surface area contributed by atoms with E-state index in [1.807, 2.05) is 0 Å². The maximum Gasteiger partial charge on any atom is 0.0737 e. The van der Waals surface area contributed by atoms with Gasteiger partial charge in [0, 0.05) is 88.6 Å². The van der Waals surface area contributed by atoms with Gasteiger partial charge < -0.3 is 19.9 Å². The molecule has 16 bridgehead atoms. The Morgan fingerprint density at radius 3 is 0.403 bits per heavy atom. The van der Waals surface area contributed by atoms with Crippen LogP contribution in [-0.2, 0) is 0 Å². The minimum absolute atomic E-state index is 0.829. The first-order valence-electron chi connectivity index (χ1n) is 50.3. The van der Waals surface area contributed by atoms with E-state index >= 15 is 0 Å². The number of H-pyrrole nitrogens is 4. The smallest absolute Gasteiger partial charge is 0.0737 e. The van der Waals surface area contributed by atoms with Crippen molar-refractivity contribution in [2.45, 2.75) is 125 Å². The molecule has 0 fully saturated rings. The molecule has 0 atom stereocenters. The fourth-order valence-electron chi connectivity index (χ4n) is 24.6. The van der Waals surface area contributed by atoms with Crippen LogP contribution in [0.1, 0.15) is 146 Å². The highest BCUT2D eigenvalue weighted by Gasteiger charge is 2.33. The van der Waals surface area contributed by atoms with Crippen LogP contribution in [0.3, 0.4) is 0 Å². The second-order valence-electron chi connectivity index (χ2n) is 40.5. The Balaban J connectivity index is 0.808. The standard InChI is InChI=1S/C136H114N8/c1-75-63-81(7)117(82(8)64-75)131-105-51-47-101(137-105)123(102-48-52-106(138-102)132(118-83(9)65-76(2)66-84(118)10)110-56-60-114(142-110)135(113-59-55-109(131)141-113)121-89(15)71-79(5)72-90(121)16)97-39-43-99(44-40-97)129-127(95-35-27-21-28-36-95)125(93-31-23-19-24-32-93)126(94-33-25-20-26-34-94)128(96-37-29-22-30-38-96)130(129)100-45-41-98(42-46-100)124-103-49-53-107(139-103)133(119-85(11)67-77(3)68-86(119)12)111-57-61-115(143-111)136(122-91(17)73-80(6)74-92(122)18)116-62-58-112(144-116)134(108-54-50-104(124)140-108)120-87(13)69-78(4)70-88(120)14/h19-74,137,139,142,144H,1-18H3. The molecule has 4 aliphatic rings. The number of benzene rings is 13. The molecule has 6 aromatic heterocycles. The number of aromatic nitrogens is 8. The van der Waals surface area contributed by atoms with Gasteiger partial charge >= 0.3 is 0 Å². The van der Waals surface area contributed by atoms with E-state index < -0.39 is 0 Å². The summed E-state index contributed by atoms with van der Waals surface area (Å²) >= 11 is 0. The molecule has 0 aliphatic carbocycles. The molecule has 0 saturated carbocycles. The lowest BCUT2D eigenvalue weighted by Gasteiger charge is -2.29. The minimum atomic E-state index is 0.829. The number of fused-ring (bicyclic) bond motifs is 16. The second kappa shape index (κ2) is 36.3. The molecular formula is C136H114N8. The summed E-state index contributed by atoms with van der Waals surface area (Å²) in [5.74, 6) is 0. The van der Waals surface area contributed by atoms with Crippen LogP contribution in [0.25, 0.3) is 249 Å². The number of aryl methyl sites for hydroxylation is 18. The summed E-state index contributed by atoms with van der Waals surface area (Å²) in [6.45, 7) is 40.1. The van der Waals surface area contributed by atoms with Gasteiger partial charge in [0.25, 0.3) is 0 Å². The molecule has 23 rings (SSSR count). The summed E-state index contributed by atoms with van der Waals surface area (Å²) in [5, 5.41) is 0. The third-order valence-corrected chi connectivity index (χ3v) is 29.7. The maximum absolute atomic E-state index is 5.99. The van der Waals surface area contributed by atoms with Crippen LogP contribution in [0.15, 0.2) is 291 Å². The predicted octanol–water partition coefficient (Wildman–Crippen LogP) is 36.5. The van der Waals surface area contributed by atoms with Crippen LogP contribution in [0.5, 0.6) is 0 Å². The lowest BCUT2D eigenvalue weighted by molar-refractivity contribution is 1.27. The second-order valence-corrected chi connectivity index (χ2v) is 40.5. The molecule has 0 spiro atoms. The van der Waals surface area contributed by atoms with Crippen molar-refractivity contribution in [2.24, 2.45) is 0 Å². The molecular weight excluding hydrogens is 1750 g/mol. The van der Waals surface area contributed by atoms with Gasteiger partial charge in [-0.15, -0.1) is 0 Å². The Hall–Kier alpha value is -16.9. The van der Waals surface area contributed by atoms with E-state index in [4.69, 9.17) is 19.9 Å². The molecule has 4 aliphatic heterocycles. The number of aromatic amines is 4. The molecule has 0 saturated heterocycles. The van der Waals surface area contributed by atoms with Crippen LogP contribution >= 0.6 is 0 Å². The van der Waals surface area contributed by atoms with Gasteiger partial charge in [-0.05, 0) is 400 Å². The van der Waals surface area contributed by atoms with Gasteiger partial charge in [-0.2, -0.15) is 0 Å². The highest BCUT2D eigenvalue weighted by molar-refractivity contribution is 6.16. The summed E-state index contributed by atoms with van der Waals surface area (Å²) in [4.78, 5) is 40.3. The van der Waals surface area contributed by atoms with Crippen molar-refractivity contribution in [3.05, 3.63) is 437 Å². The molecule has 144 heavy (non-hydrogen) atoms. The molecule has 0 amide bonds. The van der Waals surface area contributed by atoms with Crippen molar-refractivity contribution in [3.8, 4) is 156 Å². The van der Waals surface area contributed by atoms with Crippen LogP contribution in [-0.4, -0.2) is 39.9 Å². The van der Waals surface area contributed by atoms with Gasteiger partial charge in [-0.25, -0.2) is 19.9 Å². The normalized spacial score (nSPS) is 12.1. The lowest BCUT2D eigenvalue weighted by Crippen LogP contribution is -2.02. The fourth-order valence-corrected chi connectivity index (χ4v) is 24.6. The van der Waals surface area contributed by atoms with Crippen molar-refractivity contribution < 1.29 is 0 Å². The third-order valence-electron chi connectivity index (χ3n) is 29.7. The van der Waals surface area contributed by atoms with Crippen LogP contribution < -0.4 is 0 Å². The molecule has 10 heterocycles. The molecule has 0 unspecified atom stereocenters. The predicted molar refractivity (Wildman–Crippen MR) is 613 cm³/mol. The quantitative estimate of drug-likeness (QED) is 0.0868. The average molecular weight is 1860 g/mol. The molecule has 0 radical (unpaired) electrons. The zero-order valence-electron chi connectivity index (χ0n) is 85.1. The Morgan fingerprint density at radius 1 is 0.125 bits per heavy atom. The SMILES string of the molecule is Cc1cc(C)c(-c2c3nc(c(-c4c(C)cc(C)cc4C)c4ccc([nH]4)c(-c4c(C)cc(C)cc4C)c4nc(c(-c5ccc(-c6c(-c7ccccc7)c(-c7ccccc7)c(-c7ccccc7)c(-c7ccccc7)c6-c6ccc(-c7c8nc(c(-c9c(C)cc(C)cc9C)c9ccc([nH]9)c(-c9c(C)cc(C)cc9C)c9nc(c(-c%10c(C)cc(C)cc%10C)c%10ccc7[nH]%10)C=C9)C=C8)cc6)cc5)c5ccc2[nH]5)C=C4)C=C3)c(C)c1. The maximum atomic E-state index is 5.99. The third kappa shape index (κ3) is 16.0. The van der Waals surface area contributed by atoms with Gasteiger partial charge in [0.15, 0.2) is 0 Å². The zero-order valence-corrected chi connectivity index (χ0v) is 85.1. The topological polar surface area (TPSA) is 115 Å². The highest BCUT2D eigenvalue weighted by atomic mass is 14.8. The zero-order chi connectivity index (χ0) is 99.1. The first-order valence-corrected chi connectivity index (χ1v) is 50.3. The Morgan fingerprint density at radius 2 is 0.250 bits per heavy atom. The van der Waals surface area contributed by atoms with Gasteiger partial charge in [0.05, 0.1) is 45.6 Å². The molecule has 8 heteroatoms. The Labute approximate surface area is 844 Å². The van der Waals surface area contributed by atoms with Gasteiger partial charge in [0.2, 0.25) is 0 Å². The minimum Gasteiger partial charge on any atom is -0.354 e. The molecule has 4 N–H and O–H groups in total. The van der Waals surface area contributed by atoms with Crippen molar-refractivity contribution in [3.63, 3.8) is 0 Å². The van der Waals surface area contributed by atoms with Crippen molar-refractivity contribution in [1.82, 2.24) is 39.9 Å². The monoisotopic (exact) mass is 1860 g/mol. The summed E-state index contributed by atoms with van der Waals surface area (Å²) in [6, 6.07) is 109. The summed E-state index contributed by atoms with van der Waals surface area (Å²) in [5.41, 5.74) is 66.0. The van der Waals surface area contributed by atoms with Crippen molar-refractivity contribution >= 4 is 92.7 Å². The highest BCUT2D eigenvalue weighted by Crippen LogP contribution is 2.58. The number of nitrogens with one attached hydrogen (secondary N) is 4. The van der Waals surface area contributed by atoms with E-state index in [1.165, 1.54) is 100 Å². The van der Waals surface area contributed by atoms with E-state index in [9.17, 15) is 0 Å². The summed E-state index contributed by atoms with van der Waals surface area (Å²) in [6.07, 6.45) is 17.9. The number of rotatable bonds is 14. The number of hydrogen-bond acceptors (Lipinski definition) is 4. The van der Waals surface area contributed by atoms with E-state index in [0.29, 0.717) is 0 Å². The Bertz CT molecular complexity index is 8350. The summed E-state index contributed by atoms with van der Waals surface area (Å²) < 4.78 is 0. The van der Waals surface area contributed by atoms with Gasteiger partial charge in [-0.1, -0.05) is 276 Å². The van der Waals surface area contributed by atoms with E-state index in [-0.39, 0.29) is 0 Å². The van der Waals surface area contributed by atoms with Gasteiger partial charge in [-0.3, -0.25) is 0 Å². The van der Waals surface area contributed by atoms with Crippen LogP contribution in [0.4, 0.5) is 0 Å². The van der Waals surface area contributed by atoms with E-state index in [0.717, 1.165) is 245 Å². The molecule has 8 nitrogen and oxygen atoms in total. The van der Waals surface area contributed by atoms with Crippen molar-refractivity contribution in [2.75, 3.05) is 0 Å². The molecule has 698 valence electrons. The largest absolute Gasteiger partial charge is 0.354 e. The molecule has 13 aromatic carbocycles. The van der Waals surface area contributed by atoms with Crippen LogP contribution in [0, 0.1) is 125 Å². The van der Waals surface area contributed by atoms with E-state index in [1.54, 1.807) is 0 Å². The first-order chi connectivity index (χ1) is 69.8. The molecule has 19 aromatic rings. The number of hydrogen-bond donors (Lipinski definition) is 4. The fraction of sp³-hybridized carbons (Fsp3) is 0.132. The first kappa shape index (κ1) is 90.9. The van der Waals surface area contributed by atoms with Crippen molar-refractivity contribution in [1.29, 1.82) is 0 Å². The van der Waals surface area contributed by atoms with E-state index in [2.05, 4.69) is 484 Å². The number of nitrogens with zero attached hydrogens (tertiary/aromatic N) is 4. The van der Waals surface area contributed by atoms with Crippen LogP contribution in [0.2, 0.25) is 0 Å². The average Bonchev–Trinajstić information content (AvgIpc) is 0.849.